The molecule has 1 aromatic rings. The lowest BCUT2D eigenvalue weighted by Crippen LogP contribution is -2.44. The first-order chi connectivity index (χ1) is 10.2. The zero-order chi connectivity index (χ0) is 15.1. The van der Waals surface area contributed by atoms with E-state index in [9.17, 15) is 9.90 Å². The molecule has 2 rings (SSSR count). The Hall–Kier alpha value is -1.39. The van der Waals surface area contributed by atoms with Crippen LogP contribution in [-0.4, -0.2) is 53.6 Å². The number of aliphatic hydroxyl groups is 1. The monoisotopic (exact) mass is 290 g/mol. The van der Waals surface area contributed by atoms with Gasteiger partial charge in [-0.15, -0.1) is 0 Å². The molecule has 1 atom stereocenters. The lowest BCUT2D eigenvalue weighted by Gasteiger charge is -2.29. The van der Waals surface area contributed by atoms with E-state index in [1.807, 2.05) is 37.4 Å². The minimum absolute atomic E-state index is 0.124. The molecule has 0 aliphatic carbocycles. The Morgan fingerprint density at radius 2 is 2.05 bits per heavy atom. The lowest BCUT2D eigenvalue weighted by atomic mass is 10.1. The molecule has 1 aromatic carbocycles. The number of hydrogen-bond acceptors (Lipinski definition) is 3. The predicted molar refractivity (Wildman–Crippen MR) is 83.8 cm³/mol. The maximum atomic E-state index is 12.4. The number of likely N-dealkylation sites (tertiary alicyclic amines) is 1. The standard InChI is InChI=1S/C17H26N2O2/c1-18(12-15-8-4-2-5-9-15)17(21)13-19-11-7-3-6-10-16(19)14-20/h2,4-5,8-9,16,20H,3,6-7,10-14H2,1H3. The molecule has 0 aromatic heterocycles. The molecule has 4 heteroatoms. The molecule has 0 radical (unpaired) electrons. The maximum Gasteiger partial charge on any atom is 0.236 e. The third-order valence-electron chi connectivity index (χ3n) is 4.24. The van der Waals surface area contributed by atoms with Gasteiger partial charge in [0, 0.05) is 19.6 Å². The largest absolute Gasteiger partial charge is 0.395 e. The molecule has 1 aliphatic rings. The first kappa shape index (κ1) is 16.0. The SMILES string of the molecule is CN(Cc1ccccc1)C(=O)CN1CCCCCC1CO. The van der Waals surface area contributed by atoms with Crippen LogP contribution in [0.2, 0.25) is 0 Å². The molecule has 1 unspecified atom stereocenters. The van der Waals surface area contributed by atoms with E-state index in [0.717, 1.165) is 31.4 Å². The van der Waals surface area contributed by atoms with Crippen LogP contribution in [0.4, 0.5) is 0 Å². The van der Waals surface area contributed by atoms with Crippen LogP contribution in [0.25, 0.3) is 0 Å². The molecule has 21 heavy (non-hydrogen) atoms. The zero-order valence-corrected chi connectivity index (χ0v) is 12.9. The molecule has 116 valence electrons. The van der Waals surface area contributed by atoms with Crippen molar-refractivity contribution >= 4 is 5.91 Å². The van der Waals surface area contributed by atoms with Crippen LogP contribution in [0, 0.1) is 0 Å². The van der Waals surface area contributed by atoms with E-state index in [-0.39, 0.29) is 18.6 Å². The van der Waals surface area contributed by atoms with Crippen LogP contribution in [0.5, 0.6) is 0 Å². The Bertz CT molecular complexity index is 436. The lowest BCUT2D eigenvalue weighted by molar-refractivity contribution is -0.132. The van der Waals surface area contributed by atoms with Crippen LogP contribution < -0.4 is 0 Å². The van der Waals surface area contributed by atoms with Crippen molar-refractivity contribution in [2.45, 2.75) is 38.3 Å². The minimum Gasteiger partial charge on any atom is -0.395 e. The fourth-order valence-corrected chi connectivity index (χ4v) is 2.89. The number of aliphatic hydroxyl groups excluding tert-OH is 1. The van der Waals surface area contributed by atoms with Gasteiger partial charge in [-0.25, -0.2) is 0 Å². The Balaban J connectivity index is 1.89. The van der Waals surface area contributed by atoms with Crippen molar-refractivity contribution in [3.63, 3.8) is 0 Å². The number of benzene rings is 1. The molecular formula is C17H26N2O2. The molecule has 0 spiro atoms. The second-order valence-electron chi connectivity index (χ2n) is 5.89. The number of carbonyl (C=O) groups excluding carboxylic acids is 1. The highest BCUT2D eigenvalue weighted by Gasteiger charge is 2.23. The van der Waals surface area contributed by atoms with Gasteiger partial charge in [-0.05, 0) is 24.9 Å². The van der Waals surface area contributed by atoms with E-state index in [1.54, 1.807) is 4.90 Å². The highest BCUT2D eigenvalue weighted by molar-refractivity contribution is 5.78. The Labute approximate surface area is 127 Å². The van der Waals surface area contributed by atoms with Gasteiger partial charge >= 0.3 is 0 Å². The van der Waals surface area contributed by atoms with Crippen LogP contribution in [0.1, 0.15) is 31.2 Å². The minimum atomic E-state index is 0.124. The summed E-state index contributed by atoms with van der Waals surface area (Å²) >= 11 is 0. The highest BCUT2D eigenvalue weighted by Crippen LogP contribution is 2.16. The van der Waals surface area contributed by atoms with Crippen LogP contribution in [0.3, 0.4) is 0 Å². The molecule has 1 aliphatic heterocycles. The molecule has 0 saturated carbocycles. The molecule has 1 N–H and O–H groups in total. The zero-order valence-electron chi connectivity index (χ0n) is 12.9. The summed E-state index contributed by atoms with van der Waals surface area (Å²) in [6.45, 7) is 2.11. The summed E-state index contributed by atoms with van der Waals surface area (Å²) in [5, 5.41) is 9.51. The van der Waals surface area contributed by atoms with Crippen molar-refractivity contribution in [3.05, 3.63) is 35.9 Å². The van der Waals surface area contributed by atoms with Gasteiger partial charge in [-0.3, -0.25) is 9.69 Å². The molecule has 1 saturated heterocycles. The number of amides is 1. The van der Waals surface area contributed by atoms with E-state index in [4.69, 9.17) is 0 Å². The smallest absolute Gasteiger partial charge is 0.236 e. The summed E-state index contributed by atoms with van der Waals surface area (Å²) < 4.78 is 0. The number of likely N-dealkylation sites (N-methyl/N-ethyl adjacent to an activating group) is 1. The van der Waals surface area contributed by atoms with Gasteiger partial charge in [0.1, 0.15) is 0 Å². The van der Waals surface area contributed by atoms with Crippen molar-refractivity contribution in [3.8, 4) is 0 Å². The molecule has 0 bridgehead atoms. The fraction of sp³-hybridized carbons (Fsp3) is 0.588. The average Bonchev–Trinajstić information content (AvgIpc) is 2.73. The molecule has 1 heterocycles. The van der Waals surface area contributed by atoms with E-state index >= 15 is 0 Å². The number of carbonyl (C=O) groups is 1. The average molecular weight is 290 g/mol. The van der Waals surface area contributed by atoms with Crippen molar-refractivity contribution in [2.24, 2.45) is 0 Å². The third-order valence-corrected chi connectivity index (χ3v) is 4.24. The topological polar surface area (TPSA) is 43.8 Å². The van der Waals surface area contributed by atoms with Gasteiger partial charge < -0.3 is 10.0 Å². The predicted octanol–water partition coefficient (Wildman–Crippen LogP) is 1.88. The maximum absolute atomic E-state index is 12.4. The van der Waals surface area contributed by atoms with Gasteiger partial charge in [0.25, 0.3) is 0 Å². The first-order valence-corrected chi connectivity index (χ1v) is 7.83. The Morgan fingerprint density at radius 1 is 1.29 bits per heavy atom. The van der Waals surface area contributed by atoms with Crippen molar-refractivity contribution in [1.29, 1.82) is 0 Å². The molecule has 4 nitrogen and oxygen atoms in total. The van der Waals surface area contributed by atoms with Gasteiger partial charge in [-0.2, -0.15) is 0 Å². The Morgan fingerprint density at radius 3 is 2.76 bits per heavy atom. The van der Waals surface area contributed by atoms with Crippen LogP contribution >= 0.6 is 0 Å². The normalized spacial score (nSPS) is 20.0. The van der Waals surface area contributed by atoms with Gasteiger partial charge in [0.2, 0.25) is 5.91 Å². The van der Waals surface area contributed by atoms with Crippen LogP contribution in [-0.2, 0) is 11.3 Å². The van der Waals surface area contributed by atoms with Crippen molar-refractivity contribution in [2.75, 3.05) is 26.7 Å². The van der Waals surface area contributed by atoms with Crippen molar-refractivity contribution < 1.29 is 9.90 Å². The van der Waals surface area contributed by atoms with Crippen LogP contribution in [0.15, 0.2) is 30.3 Å². The number of rotatable bonds is 5. The summed E-state index contributed by atoms with van der Waals surface area (Å²) in [4.78, 5) is 16.3. The molecule has 1 amide bonds. The fourth-order valence-electron chi connectivity index (χ4n) is 2.89. The first-order valence-electron chi connectivity index (χ1n) is 7.83. The van der Waals surface area contributed by atoms with E-state index in [2.05, 4.69) is 4.90 Å². The quantitative estimate of drug-likeness (QED) is 0.900. The third kappa shape index (κ3) is 4.83. The summed E-state index contributed by atoms with van der Waals surface area (Å²) in [7, 11) is 1.85. The number of nitrogens with zero attached hydrogens (tertiary/aromatic N) is 2. The number of hydrogen-bond donors (Lipinski definition) is 1. The van der Waals surface area contributed by atoms with Gasteiger partial charge in [-0.1, -0.05) is 43.2 Å². The second-order valence-corrected chi connectivity index (χ2v) is 5.89. The molecular weight excluding hydrogens is 264 g/mol. The summed E-state index contributed by atoms with van der Waals surface area (Å²) in [6, 6.07) is 10.2. The second kappa shape index (κ2) is 8.15. The van der Waals surface area contributed by atoms with Gasteiger partial charge in [0.15, 0.2) is 0 Å². The summed E-state index contributed by atoms with van der Waals surface area (Å²) in [6.07, 6.45) is 4.45. The Kier molecular flexibility index (Phi) is 6.21. The summed E-state index contributed by atoms with van der Waals surface area (Å²) in [5.74, 6) is 0.124. The molecule has 1 fully saturated rings. The highest BCUT2D eigenvalue weighted by atomic mass is 16.3. The van der Waals surface area contributed by atoms with Gasteiger partial charge in [0.05, 0.1) is 13.2 Å². The summed E-state index contributed by atoms with van der Waals surface area (Å²) in [5.41, 5.74) is 1.14. The van der Waals surface area contributed by atoms with E-state index < -0.39 is 0 Å². The van der Waals surface area contributed by atoms with E-state index in [1.165, 1.54) is 6.42 Å². The van der Waals surface area contributed by atoms with Crippen molar-refractivity contribution in [1.82, 2.24) is 9.80 Å². The van der Waals surface area contributed by atoms with E-state index in [0.29, 0.717) is 13.1 Å².